The highest BCUT2D eigenvalue weighted by atomic mass is 16.5. The molecule has 0 bridgehead atoms. The van der Waals surface area contributed by atoms with Gasteiger partial charge in [0.2, 0.25) is 0 Å². The van der Waals surface area contributed by atoms with E-state index in [1.165, 1.54) is 13.3 Å². The minimum atomic E-state index is -0.446. The highest BCUT2D eigenvalue weighted by molar-refractivity contribution is 5.95. The van der Waals surface area contributed by atoms with E-state index < -0.39 is 5.97 Å². The molecule has 1 aliphatic heterocycles. The molecule has 1 aromatic rings. The molecule has 6 heteroatoms. The summed E-state index contributed by atoms with van der Waals surface area (Å²) in [5.41, 5.74) is 6.30. The van der Waals surface area contributed by atoms with Crippen molar-refractivity contribution in [1.82, 2.24) is 4.98 Å². The van der Waals surface area contributed by atoms with Crippen LogP contribution in [-0.2, 0) is 9.47 Å². The molecule has 6 nitrogen and oxygen atoms in total. The number of hydrogen-bond acceptors (Lipinski definition) is 6. The van der Waals surface area contributed by atoms with Crippen LogP contribution in [0.25, 0.3) is 0 Å². The Labute approximate surface area is 118 Å². The first kappa shape index (κ1) is 14.6. The van der Waals surface area contributed by atoms with Crippen molar-refractivity contribution in [2.75, 3.05) is 24.8 Å². The van der Waals surface area contributed by atoms with Gasteiger partial charge in [-0.2, -0.15) is 0 Å². The maximum Gasteiger partial charge on any atom is 0.341 e. The maximum atomic E-state index is 11.8. The molecule has 3 N–H and O–H groups in total. The summed E-state index contributed by atoms with van der Waals surface area (Å²) in [5, 5.41) is 3.30. The lowest BCUT2D eigenvalue weighted by atomic mass is 9.94. The highest BCUT2D eigenvalue weighted by Crippen LogP contribution is 2.27. The number of pyridine rings is 1. The second-order valence-corrected chi connectivity index (χ2v) is 5.60. The molecule has 1 aliphatic rings. The summed E-state index contributed by atoms with van der Waals surface area (Å²) < 4.78 is 10.4. The molecule has 0 spiro atoms. The van der Waals surface area contributed by atoms with Crippen molar-refractivity contribution in [3.05, 3.63) is 17.8 Å². The second-order valence-electron chi connectivity index (χ2n) is 5.60. The summed E-state index contributed by atoms with van der Waals surface area (Å²) in [5.74, 6) is 0.0624. The minimum absolute atomic E-state index is 0.171. The molecule has 20 heavy (non-hydrogen) atoms. The van der Waals surface area contributed by atoms with Gasteiger partial charge in [-0.25, -0.2) is 9.78 Å². The Balaban J connectivity index is 2.18. The number of rotatable bonds is 3. The second kappa shape index (κ2) is 5.66. The van der Waals surface area contributed by atoms with E-state index in [0.717, 1.165) is 12.8 Å². The van der Waals surface area contributed by atoms with E-state index in [-0.39, 0.29) is 11.6 Å². The largest absolute Gasteiger partial charge is 0.465 e. The van der Waals surface area contributed by atoms with Crippen LogP contribution in [0.4, 0.5) is 11.5 Å². The van der Waals surface area contributed by atoms with Gasteiger partial charge in [0.1, 0.15) is 11.4 Å². The van der Waals surface area contributed by atoms with Gasteiger partial charge >= 0.3 is 5.97 Å². The first-order chi connectivity index (χ1) is 9.41. The smallest absolute Gasteiger partial charge is 0.341 e. The maximum absolute atomic E-state index is 11.8. The monoisotopic (exact) mass is 279 g/mol. The summed E-state index contributed by atoms with van der Waals surface area (Å²) >= 11 is 0. The zero-order valence-corrected chi connectivity index (χ0v) is 12.1. The van der Waals surface area contributed by atoms with Crippen molar-refractivity contribution in [3.8, 4) is 0 Å². The quantitative estimate of drug-likeness (QED) is 0.821. The molecular weight excluding hydrogens is 258 g/mol. The lowest BCUT2D eigenvalue weighted by Gasteiger charge is -2.36. The molecule has 1 unspecified atom stereocenters. The lowest BCUT2D eigenvalue weighted by molar-refractivity contribution is -0.0553. The molecule has 1 saturated heterocycles. The fourth-order valence-corrected chi connectivity index (χ4v) is 2.41. The molecule has 1 fully saturated rings. The Morgan fingerprint density at radius 1 is 1.60 bits per heavy atom. The molecule has 2 heterocycles. The van der Waals surface area contributed by atoms with Gasteiger partial charge in [-0.15, -0.1) is 0 Å². The number of nitrogens with one attached hydrogen (secondary N) is 1. The van der Waals surface area contributed by atoms with Gasteiger partial charge in [-0.05, 0) is 32.8 Å². The molecule has 0 amide bonds. The number of hydrogen-bond donors (Lipinski definition) is 2. The van der Waals surface area contributed by atoms with Crippen LogP contribution >= 0.6 is 0 Å². The predicted octanol–water partition coefficient (Wildman–Crippen LogP) is 1.82. The average Bonchev–Trinajstić information content (AvgIpc) is 2.39. The van der Waals surface area contributed by atoms with Crippen LogP contribution in [0.2, 0.25) is 0 Å². The number of nitrogens with zero attached hydrogens (tertiary/aromatic N) is 1. The van der Waals surface area contributed by atoms with Gasteiger partial charge < -0.3 is 20.5 Å². The molecule has 1 atom stereocenters. The van der Waals surface area contributed by atoms with E-state index in [1.54, 1.807) is 6.07 Å². The zero-order valence-electron chi connectivity index (χ0n) is 12.1. The first-order valence-electron chi connectivity index (χ1n) is 6.65. The molecule has 110 valence electrons. The normalized spacial score (nSPS) is 21.2. The van der Waals surface area contributed by atoms with Crippen molar-refractivity contribution in [1.29, 1.82) is 0 Å². The molecule has 0 aliphatic carbocycles. The number of nitrogen functional groups attached to an aromatic ring is 1. The summed E-state index contributed by atoms with van der Waals surface area (Å²) in [6.45, 7) is 4.80. The van der Waals surface area contributed by atoms with Crippen molar-refractivity contribution < 1.29 is 14.3 Å². The SMILES string of the molecule is COC(=O)c1cc(N)cnc1NC1CCOC(C)(C)C1. The number of esters is 1. The standard InChI is InChI=1S/C14H21N3O3/c1-14(2)7-10(4-5-20-14)17-12-11(13(18)19-3)6-9(15)8-16-12/h6,8,10H,4-5,7,15H2,1-3H3,(H,16,17). The van der Waals surface area contributed by atoms with Crippen LogP contribution in [0.15, 0.2) is 12.3 Å². The molecule has 0 aromatic carbocycles. The Morgan fingerprint density at radius 3 is 3.00 bits per heavy atom. The van der Waals surface area contributed by atoms with E-state index in [4.69, 9.17) is 15.2 Å². The van der Waals surface area contributed by atoms with E-state index in [9.17, 15) is 4.79 Å². The molecule has 0 saturated carbocycles. The van der Waals surface area contributed by atoms with E-state index in [1.807, 2.05) is 0 Å². The van der Waals surface area contributed by atoms with Gasteiger partial charge in [-0.1, -0.05) is 0 Å². The van der Waals surface area contributed by atoms with Crippen LogP contribution in [0.5, 0.6) is 0 Å². The minimum Gasteiger partial charge on any atom is -0.465 e. The molecule has 0 radical (unpaired) electrons. The lowest BCUT2D eigenvalue weighted by Crippen LogP contribution is -2.40. The number of carbonyl (C=O) groups is 1. The molecular formula is C14H21N3O3. The number of methoxy groups -OCH3 is 1. The van der Waals surface area contributed by atoms with E-state index in [2.05, 4.69) is 24.1 Å². The third kappa shape index (κ3) is 3.39. The number of nitrogens with two attached hydrogens (primary N) is 1. The van der Waals surface area contributed by atoms with Crippen LogP contribution in [-0.4, -0.2) is 36.3 Å². The van der Waals surface area contributed by atoms with Crippen molar-refractivity contribution in [2.45, 2.75) is 38.3 Å². The van der Waals surface area contributed by atoms with Crippen molar-refractivity contribution in [2.24, 2.45) is 0 Å². The van der Waals surface area contributed by atoms with Crippen LogP contribution in [0, 0.1) is 0 Å². The third-order valence-electron chi connectivity index (χ3n) is 3.35. The molecule has 2 rings (SSSR count). The first-order valence-corrected chi connectivity index (χ1v) is 6.65. The van der Waals surface area contributed by atoms with Crippen molar-refractivity contribution in [3.63, 3.8) is 0 Å². The van der Waals surface area contributed by atoms with E-state index >= 15 is 0 Å². The third-order valence-corrected chi connectivity index (χ3v) is 3.35. The Hall–Kier alpha value is -1.82. The Kier molecular flexibility index (Phi) is 4.13. The fourth-order valence-electron chi connectivity index (χ4n) is 2.41. The van der Waals surface area contributed by atoms with Crippen LogP contribution in [0.3, 0.4) is 0 Å². The number of ether oxygens (including phenoxy) is 2. The highest BCUT2D eigenvalue weighted by Gasteiger charge is 2.29. The number of aromatic nitrogens is 1. The van der Waals surface area contributed by atoms with Crippen LogP contribution in [0.1, 0.15) is 37.0 Å². The summed E-state index contributed by atoms with van der Waals surface area (Å²) in [6.07, 6.45) is 3.25. The summed E-state index contributed by atoms with van der Waals surface area (Å²) in [7, 11) is 1.34. The Morgan fingerprint density at radius 2 is 2.35 bits per heavy atom. The van der Waals surface area contributed by atoms with Crippen LogP contribution < -0.4 is 11.1 Å². The molecule has 1 aromatic heterocycles. The van der Waals surface area contributed by atoms with Gasteiger partial charge in [0.25, 0.3) is 0 Å². The summed E-state index contributed by atoms with van der Waals surface area (Å²) in [6, 6.07) is 1.78. The van der Waals surface area contributed by atoms with E-state index in [0.29, 0.717) is 23.7 Å². The number of carbonyl (C=O) groups excluding carboxylic acids is 1. The predicted molar refractivity (Wildman–Crippen MR) is 76.7 cm³/mol. The number of anilines is 2. The van der Waals surface area contributed by atoms with Crippen molar-refractivity contribution >= 4 is 17.5 Å². The summed E-state index contributed by atoms with van der Waals surface area (Å²) in [4.78, 5) is 16.0. The Bertz CT molecular complexity index is 502. The zero-order chi connectivity index (χ0) is 14.8. The van der Waals surface area contributed by atoms with Gasteiger partial charge in [0, 0.05) is 12.6 Å². The van der Waals surface area contributed by atoms with Gasteiger partial charge in [0.05, 0.1) is 24.6 Å². The van der Waals surface area contributed by atoms with Gasteiger partial charge in [0.15, 0.2) is 0 Å². The topological polar surface area (TPSA) is 86.5 Å². The van der Waals surface area contributed by atoms with Gasteiger partial charge in [-0.3, -0.25) is 0 Å². The average molecular weight is 279 g/mol. The fraction of sp³-hybridized carbons (Fsp3) is 0.571.